The third kappa shape index (κ3) is 3.06. The predicted molar refractivity (Wildman–Crippen MR) is 66.9 cm³/mol. The Kier molecular flexibility index (Phi) is 3.25. The maximum absolute atomic E-state index is 5.42. The van der Waals surface area contributed by atoms with Crippen molar-refractivity contribution in [3.8, 4) is 0 Å². The van der Waals surface area contributed by atoms with Crippen LogP contribution in [0, 0.1) is 5.41 Å². The Hall–Kier alpha value is -0.900. The highest BCUT2D eigenvalue weighted by Crippen LogP contribution is 2.29. The van der Waals surface area contributed by atoms with E-state index in [0.29, 0.717) is 5.41 Å². The molecule has 1 aromatic rings. The quantitative estimate of drug-likeness (QED) is 0.876. The fourth-order valence-electron chi connectivity index (χ4n) is 2.09. The number of nitrogens with zero attached hydrogens (tertiary/aromatic N) is 2. The van der Waals surface area contributed by atoms with Gasteiger partial charge in [0.25, 0.3) is 0 Å². The summed E-state index contributed by atoms with van der Waals surface area (Å²) in [5.41, 5.74) is 0.354. The van der Waals surface area contributed by atoms with Crippen molar-refractivity contribution in [2.24, 2.45) is 5.41 Å². The highest BCUT2D eigenvalue weighted by molar-refractivity contribution is 5.07. The standard InChI is InChI=1S/C13H23N3O/c1-12(2,3)6-5-10-15-11(17-16-10)13(4)7-8-14-9-13/h14H,5-9H2,1-4H3. The predicted octanol–water partition coefficient (Wildman–Crippen LogP) is 2.30. The summed E-state index contributed by atoms with van der Waals surface area (Å²) in [6.45, 7) is 10.9. The van der Waals surface area contributed by atoms with E-state index in [1.54, 1.807) is 0 Å². The summed E-state index contributed by atoms with van der Waals surface area (Å²) >= 11 is 0. The molecule has 1 unspecified atom stereocenters. The topological polar surface area (TPSA) is 51.0 Å². The van der Waals surface area contributed by atoms with E-state index < -0.39 is 0 Å². The van der Waals surface area contributed by atoms with Gasteiger partial charge in [-0.05, 0) is 31.7 Å². The van der Waals surface area contributed by atoms with Gasteiger partial charge in [0.15, 0.2) is 5.82 Å². The van der Waals surface area contributed by atoms with Crippen LogP contribution in [-0.2, 0) is 11.8 Å². The van der Waals surface area contributed by atoms with Gasteiger partial charge in [-0.25, -0.2) is 0 Å². The second kappa shape index (κ2) is 4.41. The van der Waals surface area contributed by atoms with Gasteiger partial charge < -0.3 is 9.84 Å². The van der Waals surface area contributed by atoms with Crippen LogP contribution in [0.4, 0.5) is 0 Å². The molecule has 0 saturated carbocycles. The molecule has 4 heteroatoms. The molecule has 4 nitrogen and oxygen atoms in total. The zero-order valence-corrected chi connectivity index (χ0v) is 11.3. The van der Waals surface area contributed by atoms with Gasteiger partial charge >= 0.3 is 0 Å². The van der Waals surface area contributed by atoms with Crippen LogP contribution >= 0.6 is 0 Å². The Balaban J connectivity index is 2.01. The van der Waals surface area contributed by atoms with Crippen molar-refractivity contribution in [3.05, 3.63) is 11.7 Å². The Morgan fingerprint density at radius 1 is 1.41 bits per heavy atom. The van der Waals surface area contributed by atoms with Crippen LogP contribution in [0.1, 0.15) is 52.3 Å². The molecular formula is C13H23N3O. The number of hydrogen-bond acceptors (Lipinski definition) is 4. The first kappa shape index (κ1) is 12.6. The summed E-state index contributed by atoms with van der Waals surface area (Å²) in [4.78, 5) is 4.55. The number of rotatable bonds is 3. The maximum Gasteiger partial charge on any atom is 0.233 e. The van der Waals surface area contributed by atoms with Gasteiger partial charge in [0.05, 0.1) is 5.41 Å². The molecule has 1 N–H and O–H groups in total. The number of aryl methyl sites for hydroxylation is 1. The molecule has 0 aliphatic carbocycles. The number of aromatic nitrogens is 2. The molecule has 2 rings (SSSR count). The molecule has 0 amide bonds. The van der Waals surface area contributed by atoms with E-state index in [9.17, 15) is 0 Å². The minimum atomic E-state index is 0.0347. The lowest BCUT2D eigenvalue weighted by molar-refractivity contribution is 0.302. The minimum absolute atomic E-state index is 0.0347. The van der Waals surface area contributed by atoms with Gasteiger partial charge in [-0.2, -0.15) is 4.98 Å². The lowest BCUT2D eigenvalue weighted by atomic mass is 9.89. The van der Waals surface area contributed by atoms with Crippen molar-refractivity contribution in [2.75, 3.05) is 13.1 Å². The molecule has 1 atom stereocenters. The second-order valence-corrected chi connectivity index (χ2v) is 6.56. The molecule has 96 valence electrons. The molecule has 0 radical (unpaired) electrons. The van der Waals surface area contributed by atoms with Crippen LogP contribution in [0.3, 0.4) is 0 Å². The summed E-state index contributed by atoms with van der Waals surface area (Å²) in [5.74, 6) is 1.65. The van der Waals surface area contributed by atoms with Crippen LogP contribution in [0.2, 0.25) is 0 Å². The maximum atomic E-state index is 5.42. The average Bonchev–Trinajstić information content (AvgIpc) is 2.83. The zero-order chi connectivity index (χ0) is 12.5. The largest absolute Gasteiger partial charge is 0.339 e. The summed E-state index contributed by atoms with van der Waals surface area (Å²) in [6.07, 6.45) is 3.06. The van der Waals surface area contributed by atoms with Crippen LogP contribution < -0.4 is 5.32 Å². The fourth-order valence-corrected chi connectivity index (χ4v) is 2.09. The van der Waals surface area contributed by atoms with Gasteiger partial charge in [0.2, 0.25) is 5.89 Å². The van der Waals surface area contributed by atoms with Gasteiger partial charge in [-0.15, -0.1) is 0 Å². The molecule has 1 aliphatic rings. The third-order valence-corrected chi connectivity index (χ3v) is 3.45. The van der Waals surface area contributed by atoms with Crippen LogP contribution in [0.15, 0.2) is 4.52 Å². The fraction of sp³-hybridized carbons (Fsp3) is 0.846. The Labute approximate surface area is 103 Å². The molecule has 0 bridgehead atoms. The smallest absolute Gasteiger partial charge is 0.233 e. The van der Waals surface area contributed by atoms with Crippen molar-refractivity contribution in [1.82, 2.24) is 15.5 Å². The molecular weight excluding hydrogens is 214 g/mol. The van der Waals surface area contributed by atoms with Gasteiger partial charge in [-0.1, -0.05) is 25.9 Å². The summed E-state index contributed by atoms with van der Waals surface area (Å²) in [5, 5.41) is 7.44. The molecule has 0 aromatic carbocycles. The first-order chi connectivity index (χ1) is 7.89. The monoisotopic (exact) mass is 237 g/mol. The second-order valence-electron chi connectivity index (χ2n) is 6.56. The van der Waals surface area contributed by atoms with Crippen molar-refractivity contribution in [2.45, 2.75) is 52.4 Å². The van der Waals surface area contributed by atoms with E-state index in [-0.39, 0.29) is 5.41 Å². The van der Waals surface area contributed by atoms with Gasteiger partial charge in [0, 0.05) is 13.0 Å². The first-order valence-corrected chi connectivity index (χ1v) is 6.43. The normalized spacial score (nSPS) is 25.4. The third-order valence-electron chi connectivity index (χ3n) is 3.45. The van der Waals surface area contributed by atoms with Crippen molar-refractivity contribution >= 4 is 0 Å². The van der Waals surface area contributed by atoms with E-state index >= 15 is 0 Å². The van der Waals surface area contributed by atoms with E-state index in [2.05, 4.69) is 43.2 Å². The van der Waals surface area contributed by atoms with Crippen LogP contribution in [0.5, 0.6) is 0 Å². The lowest BCUT2D eigenvalue weighted by Gasteiger charge is -2.16. The van der Waals surface area contributed by atoms with E-state index in [1.807, 2.05) is 0 Å². The molecule has 17 heavy (non-hydrogen) atoms. The van der Waals surface area contributed by atoms with Crippen molar-refractivity contribution < 1.29 is 4.52 Å². The van der Waals surface area contributed by atoms with E-state index in [1.165, 1.54) is 0 Å². The number of nitrogens with one attached hydrogen (secondary N) is 1. The molecule has 0 spiro atoms. The highest BCUT2D eigenvalue weighted by Gasteiger charge is 2.36. The van der Waals surface area contributed by atoms with E-state index in [4.69, 9.17) is 4.52 Å². The van der Waals surface area contributed by atoms with Crippen LogP contribution in [-0.4, -0.2) is 23.2 Å². The molecule has 1 aliphatic heterocycles. The Morgan fingerprint density at radius 2 is 2.18 bits per heavy atom. The summed E-state index contributed by atoms with van der Waals surface area (Å²) < 4.78 is 5.42. The summed E-state index contributed by atoms with van der Waals surface area (Å²) in [7, 11) is 0. The zero-order valence-electron chi connectivity index (χ0n) is 11.3. The highest BCUT2D eigenvalue weighted by atomic mass is 16.5. The van der Waals surface area contributed by atoms with Crippen molar-refractivity contribution in [3.63, 3.8) is 0 Å². The van der Waals surface area contributed by atoms with E-state index in [0.717, 1.165) is 44.1 Å². The molecule has 1 saturated heterocycles. The van der Waals surface area contributed by atoms with Crippen molar-refractivity contribution in [1.29, 1.82) is 0 Å². The lowest BCUT2D eigenvalue weighted by Crippen LogP contribution is -2.25. The van der Waals surface area contributed by atoms with Crippen LogP contribution in [0.25, 0.3) is 0 Å². The number of hydrogen-bond donors (Lipinski definition) is 1. The Morgan fingerprint density at radius 3 is 2.76 bits per heavy atom. The minimum Gasteiger partial charge on any atom is -0.339 e. The Bertz CT molecular complexity index is 372. The SMILES string of the molecule is CC(C)(C)CCc1noc(C2(C)CCNC2)n1. The van der Waals surface area contributed by atoms with Gasteiger partial charge in [0.1, 0.15) is 0 Å². The first-order valence-electron chi connectivity index (χ1n) is 6.43. The average molecular weight is 237 g/mol. The molecule has 1 aromatic heterocycles. The molecule has 1 fully saturated rings. The summed E-state index contributed by atoms with van der Waals surface area (Å²) in [6, 6.07) is 0. The van der Waals surface area contributed by atoms with Gasteiger partial charge in [-0.3, -0.25) is 0 Å². The molecule has 2 heterocycles.